The summed E-state index contributed by atoms with van der Waals surface area (Å²) in [5, 5.41) is 19.5. The van der Waals surface area contributed by atoms with Gasteiger partial charge in [-0.2, -0.15) is 0 Å². The van der Waals surface area contributed by atoms with E-state index in [4.69, 9.17) is 9.84 Å². The van der Waals surface area contributed by atoms with Crippen LogP contribution in [0.15, 0.2) is 16.6 Å². The van der Waals surface area contributed by atoms with Crippen molar-refractivity contribution < 1.29 is 24.4 Å². The fourth-order valence-electron chi connectivity index (χ4n) is 1.15. The number of carboxylic acid groups (broad SMARTS) is 1. The third-order valence-electron chi connectivity index (χ3n) is 2.02. The summed E-state index contributed by atoms with van der Waals surface area (Å²) in [5.41, 5.74) is -0.386. The largest absolute Gasteiger partial charge is 0.479 e. The van der Waals surface area contributed by atoms with Crippen LogP contribution in [0.3, 0.4) is 0 Å². The quantitative estimate of drug-likeness (QED) is 0.505. The topological polar surface area (TPSA) is 107 Å². The van der Waals surface area contributed by atoms with E-state index >= 15 is 0 Å². The molecule has 0 saturated carbocycles. The van der Waals surface area contributed by atoms with Crippen LogP contribution in [-0.2, 0) is 4.79 Å². The number of aliphatic carboxylic acids is 1. The number of ether oxygens (including phenoxy) is 1. The molecule has 0 aromatic heterocycles. The first-order chi connectivity index (χ1) is 8.36. The second kappa shape index (κ2) is 5.58. The van der Waals surface area contributed by atoms with E-state index in [0.29, 0.717) is 6.29 Å². The highest BCUT2D eigenvalue weighted by Gasteiger charge is 2.24. The molecule has 7 nitrogen and oxygen atoms in total. The highest BCUT2D eigenvalue weighted by atomic mass is 79.9. The molecular weight excluding hydrogens is 310 g/mol. The minimum atomic E-state index is -1.25. The smallest absolute Gasteiger partial charge is 0.344 e. The maximum absolute atomic E-state index is 10.8. The zero-order chi connectivity index (χ0) is 13.9. The summed E-state index contributed by atoms with van der Waals surface area (Å²) < 4.78 is 5.14. The van der Waals surface area contributed by atoms with Gasteiger partial charge in [-0.1, -0.05) is 0 Å². The molecule has 0 aliphatic heterocycles. The standard InChI is InChI=1S/C10H8BrNO6/c1-5(10(14)15)18-9-7(11)2-6(4-13)3-8(9)12(16)17/h2-5H,1H3,(H,14,15). The maximum Gasteiger partial charge on any atom is 0.344 e. The predicted octanol–water partition coefficient (Wildman–Crippen LogP) is 2.02. The Kier molecular flexibility index (Phi) is 4.38. The van der Waals surface area contributed by atoms with Crippen molar-refractivity contribution in [2.45, 2.75) is 13.0 Å². The monoisotopic (exact) mass is 317 g/mol. The van der Waals surface area contributed by atoms with E-state index in [2.05, 4.69) is 15.9 Å². The van der Waals surface area contributed by atoms with Crippen LogP contribution in [0, 0.1) is 10.1 Å². The van der Waals surface area contributed by atoms with Crippen molar-refractivity contribution in [1.82, 2.24) is 0 Å². The van der Waals surface area contributed by atoms with Gasteiger partial charge >= 0.3 is 11.7 Å². The van der Waals surface area contributed by atoms with E-state index < -0.39 is 22.7 Å². The third kappa shape index (κ3) is 3.04. The van der Waals surface area contributed by atoms with Crippen molar-refractivity contribution in [2.24, 2.45) is 0 Å². The zero-order valence-electron chi connectivity index (χ0n) is 9.12. The molecule has 0 bridgehead atoms. The van der Waals surface area contributed by atoms with Crippen LogP contribution < -0.4 is 4.74 Å². The number of nitro benzene ring substituents is 1. The molecule has 0 spiro atoms. The minimum absolute atomic E-state index is 0.0869. The molecule has 1 N–H and O–H groups in total. The Morgan fingerprint density at radius 3 is 2.67 bits per heavy atom. The van der Waals surface area contributed by atoms with Crippen molar-refractivity contribution in [2.75, 3.05) is 0 Å². The maximum atomic E-state index is 10.8. The molecular formula is C10H8BrNO6. The number of hydrogen-bond donors (Lipinski definition) is 1. The Balaban J connectivity index is 3.28. The Hall–Kier alpha value is -1.96. The molecule has 0 amide bonds. The first-order valence-corrected chi connectivity index (χ1v) is 5.48. The average Bonchev–Trinajstić information content (AvgIpc) is 2.30. The van der Waals surface area contributed by atoms with E-state index in [0.717, 1.165) is 6.07 Å². The number of aldehydes is 1. The molecule has 0 aliphatic carbocycles. The van der Waals surface area contributed by atoms with Crippen LogP contribution in [-0.4, -0.2) is 28.4 Å². The van der Waals surface area contributed by atoms with Crippen LogP contribution >= 0.6 is 15.9 Å². The van der Waals surface area contributed by atoms with Gasteiger partial charge in [-0.05, 0) is 28.9 Å². The lowest BCUT2D eigenvalue weighted by Gasteiger charge is -2.12. The molecule has 18 heavy (non-hydrogen) atoms. The first kappa shape index (κ1) is 14.1. The van der Waals surface area contributed by atoms with Gasteiger partial charge in [0.1, 0.15) is 6.29 Å². The summed E-state index contributed by atoms with van der Waals surface area (Å²) in [6.07, 6.45) is -0.801. The molecule has 0 aliphatic rings. The molecule has 0 fully saturated rings. The van der Waals surface area contributed by atoms with Crippen molar-refractivity contribution in [3.63, 3.8) is 0 Å². The zero-order valence-corrected chi connectivity index (χ0v) is 10.7. The molecule has 1 aromatic carbocycles. The predicted molar refractivity (Wildman–Crippen MR) is 63.9 cm³/mol. The summed E-state index contributed by atoms with van der Waals surface area (Å²) in [6.45, 7) is 1.24. The van der Waals surface area contributed by atoms with E-state index in [-0.39, 0.29) is 15.8 Å². The van der Waals surface area contributed by atoms with Crippen LogP contribution in [0.5, 0.6) is 5.75 Å². The van der Waals surface area contributed by atoms with Crippen LogP contribution in [0.2, 0.25) is 0 Å². The Morgan fingerprint density at radius 2 is 2.22 bits per heavy atom. The van der Waals surface area contributed by atoms with Gasteiger partial charge in [0, 0.05) is 11.6 Å². The molecule has 0 heterocycles. The lowest BCUT2D eigenvalue weighted by Crippen LogP contribution is -2.23. The number of carbonyl (C=O) groups is 2. The summed E-state index contributed by atoms with van der Waals surface area (Å²) in [4.78, 5) is 31.3. The van der Waals surface area contributed by atoms with Gasteiger partial charge in [0.2, 0.25) is 5.75 Å². The van der Waals surface area contributed by atoms with Gasteiger partial charge in [-0.3, -0.25) is 14.9 Å². The summed E-state index contributed by atoms with van der Waals surface area (Å²) in [5.74, 6) is -1.48. The van der Waals surface area contributed by atoms with E-state index in [9.17, 15) is 19.7 Å². The molecule has 1 unspecified atom stereocenters. The number of halogens is 1. The number of nitrogens with zero attached hydrogens (tertiary/aromatic N) is 1. The van der Waals surface area contributed by atoms with Crippen LogP contribution in [0.4, 0.5) is 5.69 Å². The van der Waals surface area contributed by atoms with Crippen molar-refractivity contribution in [3.05, 3.63) is 32.3 Å². The normalized spacial score (nSPS) is 11.7. The fourth-order valence-corrected chi connectivity index (χ4v) is 1.71. The van der Waals surface area contributed by atoms with Crippen molar-refractivity contribution in [3.8, 4) is 5.75 Å². The van der Waals surface area contributed by atoms with E-state index in [1.165, 1.54) is 13.0 Å². The average molecular weight is 318 g/mol. The molecule has 1 aromatic rings. The number of carbonyl (C=O) groups excluding carboxylic acids is 1. The second-order valence-electron chi connectivity index (χ2n) is 3.32. The molecule has 1 atom stereocenters. The summed E-state index contributed by atoms with van der Waals surface area (Å²) >= 11 is 3.00. The third-order valence-corrected chi connectivity index (χ3v) is 2.61. The Bertz CT molecular complexity index is 515. The number of rotatable bonds is 5. The van der Waals surface area contributed by atoms with Gasteiger partial charge in [-0.15, -0.1) is 0 Å². The lowest BCUT2D eigenvalue weighted by atomic mass is 10.2. The van der Waals surface area contributed by atoms with Gasteiger partial charge < -0.3 is 9.84 Å². The van der Waals surface area contributed by atoms with Gasteiger partial charge in [0.05, 0.1) is 9.40 Å². The van der Waals surface area contributed by atoms with Crippen molar-refractivity contribution in [1.29, 1.82) is 0 Å². The first-order valence-electron chi connectivity index (χ1n) is 4.69. The lowest BCUT2D eigenvalue weighted by molar-refractivity contribution is -0.386. The summed E-state index contributed by atoms with van der Waals surface area (Å²) in [7, 11) is 0. The van der Waals surface area contributed by atoms with Gasteiger partial charge in [0.25, 0.3) is 0 Å². The SMILES string of the molecule is CC(Oc1c(Br)cc(C=O)cc1[N+](=O)[O-])C(=O)O. The number of benzene rings is 1. The molecule has 1 rings (SSSR count). The molecule has 0 saturated heterocycles. The highest BCUT2D eigenvalue weighted by molar-refractivity contribution is 9.10. The minimum Gasteiger partial charge on any atom is -0.479 e. The molecule has 96 valence electrons. The second-order valence-corrected chi connectivity index (χ2v) is 4.18. The summed E-state index contributed by atoms with van der Waals surface area (Å²) in [6, 6.07) is 2.32. The molecule has 0 radical (unpaired) electrons. The van der Waals surface area contributed by atoms with Crippen LogP contribution in [0.25, 0.3) is 0 Å². The van der Waals surface area contributed by atoms with Gasteiger partial charge in [-0.25, -0.2) is 4.79 Å². The van der Waals surface area contributed by atoms with E-state index in [1.54, 1.807) is 0 Å². The van der Waals surface area contributed by atoms with Crippen molar-refractivity contribution >= 4 is 33.9 Å². The van der Waals surface area contributed by atoms with Gasteiger partial charge in [0.15, 0.2) is 6.10 Å². The highest BCUT2D eigenvalue weighted by Crippen LogP contribution is 2.36. The number of hydrogen-bond acceptors (Lipinski definition) is 5. The Morgan fingerprint density at radius 1 is 1.61 bits per heavy atom. The fraction of sp³-hybridized carbons (Fsp3) is 0.200. The molecule has 8 heteroatoms. The van der Waals surface area contributed by atoms with Crippen LogP contribution in [0.1, 0.15) is 17.3 Å². The Labute approximate surface area is 110 Å². The van der Waals surface area contributed by atoms with E-state index in [1.807, 2.05) is 0 Å². The number of nitro groups is 1. The number of carboxylic acids is 1.